The van der Waals surface area contributed by atoms with E-state index < -0.39 is 48.3 Å². The van der Waals surface area contributed by atoms with E-state index in [-0.39, 0.29) is 6.42 Å². The Kier molecular flexibility index (Phi) is 9.60. The molecule has 156 valence electrons. The van der Waals surface area contributed by atoms with Crippen LogP contribution >= 0.6 is 0 Å². The van der Waals surface area contributed by atoms with E-state index in [1.165, 1.54) is 12.5 Å². The molecule has 0 aliphatic heterocycles. The Morgan fingerprint density at radius 2 is 1.79 bits per heavy atom. The van der Waals surface area contributed by atoms with Gasteiger partial charge in [-0.25, -0.2) is 9.78 Å². The molecule has 0 spiro atoms. The summed E-state index contributed by atoms with van der Waals surface area (Å²) in [5.74, 6) is -4.31. The van der Waals surface area contributed by atoms with E-state index in [2.05, 4.69) is 20.6 Å². The lowest BCUT2D eigenvalue weighted by Crippen LogP contribution is -2.55. The molecule has 0 fully saturated rings. The van der Waals surface area contributed by atoms with Crippen molar-refractivity contribution < 1.29 is 29.4 Å². The topological polar surface area (TPSA) is 214 Å². The zero-order chi connectivity index (χ0) is 21.1. The maximum absolute atomic E-state index is 12.5. The van der Waals surface area contributed by atoms with Gasteiger partial charge in [-0.2, -0.15) is 0 Å². The van der Waals surface area contributed by atoms with Gasteiger partial charge in [0, 0.05) is 18.3 Å². The highest BCUT2D eigenvalue weighted by Gasteiger charge is 2.29. The normalized spacial score (nSPS) is 13.9. The molecule has 2 amide bonds. The van der Waals surface area contributed by atoms with Crippen LogP contribution in [0.15, 0.2) is 12.5 Å². The molecule has 3 unspecified atom stereocenters. The Morgan fingerprint density at radius 3 is 2.32 bits per heavy atom. The Labute approximate surface area is 161 Å². The highest BCUT2D eigenvalue weighted by molar-refractivity contribution is 5.92. The Hall–Kier alpha value is -2.99. The first-order valence-electron chi connectivity index (χ1n) is 8.72. The van der Waals surface area contributed by atoms with Crippen molar-refractivity contribution in [2.24, 2.45) is 11.5 Å². The van der Waals surface area contributed by atoms with Crippen LogP contribution in [0.2, 0.25) is 0 Å². The lowest BCUT2D eigenvalue weighted by Gasteiger charge is -2.22. The second-order valence-corrected chi connectivity index (χ2v) is 6.23. The van der Waals surface area contributed by atoms with E-state index in [9.17, 15) is 19.2 Å². The molecule has 0 aliphatic carbocycles. The number of imidazole rings is 1. The minimum atomic E-state index is -1.63. The summed E-state index contributed by atoms with van der Waals surface area (Å²) in [6.07, 6.45) is 3.74. The van der Waals surface area contributed by atoms with Crippen molar-refractivity contribution in [3.63, 3.8) is 0 Å². The van der Waals surface area contributed by atoms with Crippen LogP contribution in [0.5, 0.6) is 0 Å². The van der Waals surface area contributed by atoms with Crippen molar-refractivity contribution in [1.29, 1.82) is 0 Å². The van der Waals surface area contributed by atoms with Crippen LogP contribution in [-0.2, 0) is 25.6 Å². The molecule has 0 aromatic carbocycles. The van der Waals surface area contributed by atoms with Crippen LogP contribution in [-0.4, -0.2) is 68.6 Å². The summed E-state index contributed by atoms with van der Waals surface area (Å²) >= 11 is 0. The Morgan fingerprint density at radius 1 is 1.11 bits per heavy atom. The molecule has 28 heavy (non-hydrogen) atoms. The van der Waals surface area contributed by atoms with Crippen molar-refractivity contribution in [1.82, 2.24) is 20.6 Å². The molecule has 0 saturated heterocycles. The molecule has 3 atom stereocenters. The summed E-state index contributed by atoms with van der Waals surface area (Å²) in [6, 6.07) is -3.66. The number of nitrogens with one attached hydrogen (secondary N) is 3. The standard InChI is InChI=1S/C16H26N6O6/c17-4-2-1-3-10(18)14(25)21-11(5-9-7-19-8-20-9)15(26)22-12(16(27)28)6-13(23)24/h7-8,10-12H,1-6,17-18H2,(H,19,20)(H,21,25)(H,22,26)(H,23,24)(H,27,28). The summed E-state index contributed by atoms with van der Waals surface area (Å²) in [5, 5.41) is 22.5. The fourth-order valence-corrected chi connectivity index (χ4v) is 2.39. The second-order valence-electron chi connectivity index (χ2n) is 6.23. The first kappa shape index (κ1) is 23.0. The van der Waals surface area contributed by atoms with Gasteiger partial charge in [0.2, 0.25) is 11.8 Å². The van der Waals surface area contributed by atoms with E-state index in [0.717, 1.165) is 0 Å². The third-order valence-electron chi connectivity index (χ3n) is 3.91. The number of nitrogens with zero attached hydrogens (tertiary/aromatic N) is 1. The number of hydrogen-bond donors (Lipinski definition) is 7. The number of amides is 2. The summed E-state index contributed by atoms with van der Waals surface area (Å²) < 4.78 is 0. The van der Waals surface area contributed by atoms with Gasteiger partial charge in [-0.05, 0) is 19.4 Å². The number of H-pyrrole nitrogens is 1. The first-order valence-corrected chi connectivity index (χ1v) is 8.72. The maximum atomic E-state index is 12.5. The number of carboxylic acids is 2. The lowest BCUT2D eigenvalue weighted by molar-refractivity contribution is -0.147. The van der Waals surface area contributed by atoms with Gasteiger partial charge in [-0.3, -0.25) is 14.4 Å². The summed E-state index contributed by atoms with van der Waals surface area (Å²) in [6.45, 7) is 0.472. The van der Waals surface area contributed by atoms with Gasteiger partial charge in [0.15, 0.2) is 0 Å². The minimum absolute atomic E-state index is 0.00744. The maximum Gasteiger partial charge on any atom is 0.326 e. The molecule has 0 aliphatic rings. The zero-order valence-electron chi connectivity index (χ0n) is 15.3. The zero-order valence-corrected chi connectivity index (χ0v) is 15.3. The average molecular weight is 398 g/mol. The van der Waals surface area contributed by atoms with Crippen molar-refractivity contribution in [2.45, 2.75) is 50.2 Å². The number of aromatic amines is 1. The smallest absolute Gasteiger partial charge is 0.326 e. The van der Waals surface area contributed by atoms with E-state index >= 15 is 0 Å². The monoisotopic (exact) mass is 398 g/mol. The molecular weight excluding hydrogens is 372 g/mol. The number of nitrogens with two attached hydrogens (primary N) is 2. The van der Waals surface area contributed by atoms with Crippen molar-refractivity contribution in [3.05, 3.63) is 18.2 Å². The third kappa shape index (κ3) is 8.14. The van der Waals surface area contributed by atoms with Crippen LogP contribution < -0.4 is 22.1 Å². The molecule has 0 bridgehead atoms. The molecule has 1 heterocycles. The van der Waals surface area contributed by atoms with Crippen molar-refractivity contribution in [2.75, 3.05) is 6.54 Å². The number of rotatable bonds is 13. The molecule has 1 aromatic heterocycles. The summed E-state index contributed by atoms with van der Waals surface area (Å²) in [5.41, 5.74) is 11.7. The second kappa shape index (κ2) is 11.7. The molecular formula is C16H26N6O6. The molecule has 12 heteroatoms. The number of carbonyl (C=O) groups is 4. The third-order valence-corrected chi connectivity index (χ3v) is 3.91. The number of aromatic nitrogens is 2. The van der Waals surface area contributed by atoms with Gasteiger partial charge < -0.3 is 37.3 Å². The average Bonchev–Trinajstić information content (AvgIpc) is 3.13. The van der Waals surface area contributed by atoms with Gasteiger partial charge in [-0.1, -0.05) is 6.42 Å². The molecule has 9 N–H and O–H groups in total. The molecule has 0 saturated carbocycles. The molecule has 12 nitrogen and oxygen atoms in total. The number of unbranched alkanes of at least 4 members (excludes halogenated alkanes) is 1. The minimum Gasteiger partial charge on any atom is -0.481 e. The van der Waals surface area contributed by atoms with Gasteiger partial charge >= 0.3 is 11.9 Å². The lowest BCUT2D eigenvalue weighted by atomic mass is 10.1. The van der Waals surface area contributed by atoms with Gasteiger partial charge in [0.1, 0.15) is 12.1 Å². The first-order chi connectivity index (χ1) is 13.2. The quantitative estimate of drug-likeness (QED) is 0.182. The van der Waals surface area contributed by atoms with E-state index in [4.69, 9.17) is 21.7 Å². The van der Waals surface area contributed by atoms with E-state index in [1.54, 1.807) is 0 Å². The largest absolute Gasteiger partial charge is 0.481 e. The predicted molar refractivity (Wildman–Crippen MR) is 96.9 cm³/mol. The fourth-order valence-electron chi connectivity index (χ4n) is 2.39. The number of hydrogen-bond acceptors (Lipinski definition) is 7. The van der Waals surface area contributed by atoms with Crippen LogP contribution in [0.1, 0.15) is 31.4 Å². The summed E-state index contributed by atoms with van der Waals surface area (Å²) in [4.78, 5) is 53.4. The number of aliphatic carboxylic acids is 2. The van der Waals surface area contributed by atoms with E-state index in [0.29, 0.717) is 31.5 Å². The van der Waals surface area contributed by atoms with E-state index in [1.807, 2.05) is 0 Å². The molecule has 1 aromatic rings. The van der Waals surface area contributed by atoms with Crippen molar-refractivity contribution in [3.8, 4) is 0 Å². The SMILES string of the molecule is NCCCCC(N)C(=O)NC(Cc1cnc[nH]1)C(=O)NC(CC(=O)O)C(=O)O. The highest BCUT2D eigenvalue weighted by Crippen LogP contribution is 2.04. The molecule has 1 rings (SSSR count). The Bertz CT molecular complexity index is 665. The van der Waals surface area contributed by atoms with Crippen LogP contribution in [0.4, 0.5) is 0 Å². The summed E-state index contributed by atoms with van der Waals surface area (Å²) in [7, 11) is 0. The van der Waals surface area contributed by atoms with Crippen LogP contribution in [0.25, 0.3) is 0 Å². The van der Waals surface area contributed by atoms with Gasteiger partial charge in [-0.15, -0.1) is 0 Å². The Balaban J connectivity index is 2.82. The van der Waals surface area contributed by atoms with Crippen molar-refractivity contribution >= 4 is 23.8 Å². The fraction of sp³-hybridized carbons (Fsp3) is 0.562. The predicted octanol–water partition coefficient (Wildman–Crippen LogP) is -2.06. The van der Waals surface area contributed by atoms with Gasteiger partial charge in [0.05, 0.1) is 18.8 Å². The van der Waals surface area contributed by atoms with Crippen LogP contribution in [0.3, 0.4) is 0 Å². The molecule has 0 radical (unpaired) electrons. The van der Waals surface area contributed by atoms with Crippen LogP contribution in [0, 0.1) is 0 Å². The number of carboxylic acid groups (broad SMARTS) is 2. The number of carbonyl (C=O) groups excluding carboxylic acids is 2. The van der Waals surface area contributed by atoms with Gasteiger partial charge in [0.25, 0.3) is 0 Å². The highest BCUT2D eigenvalue weighted by atomic mass is 16.4.